The Balaban J connectivity index is 1.61. The fourth-order valence-corrected chi connectivity index (χ4v) is 2.68. The maximum atomic E-state index is 12.5. The van der Waals surface area contributed by atoms with Gasteiger partial charge in [0.2, 0.25) is 0 Å². The lowest BCUT2D eigenvalue weighted by atomic mass is 10.3. The van der Waals surface area contributed by atoms with E-state index in [4.69, 9.17) is 27.9 Å². The minimum atomic E-state index is -0.215. The largest absolute Gasteiger partial charge is 0.471 e. The molecule has 3 aromatic rings. The Kier molecular flexibility index (Phi) is 5.49. The number of halogens is 2. The van der Waals surface area contributed by atoms with Crippen LogP contribution in [0.2, 0.25) is 10.0 Å². The Hall–Kier alpha value is -2.51. The minimum Gasteiger partial charge on any atom is -0.471 e. The van der Waals surface area contributed by atoms with Crippen LogP contribution in [-0.2, 0) is 20.3 Å². The third-order valence-corrected chi connectivity index (χ3v) is 4.35. The Morgan fingerprint density at radius 2 is 1.96 bits per heavy atom. The minimum absolute atomic E-state index is 0.187. The van der Waals surface area contributed by atoms with E-state index in [0.29, 0.717) is 28.0 Å². The molecular formula is C17H17Cl2N5O2. The highest BCUT2D eigenvalue weighted by Gasteiger charge is 2.18. The smallest absolute Gasteiger partial charge is 0.274 e. The van der Waals surface area contributed by atoms with Gasteiger partial charge in [0, 0.05) is 25.3 Å². The number of benzene rings is 1. The Labute approximate surface area is 160 Å². The normalized spacial score (nSPS) is 10.8. The third-order valence-electron chi connectivity index (χ3n) is 3.78. The van der Waals surface area contributed by atoms with E-state index in [0.717, 1.165) is 5.69 Å². The second-order valence-electron chi connectivity index (χ2n) is 5.69. The molecule has 0 atom stereocenters. The highest BCUT2D eigenvalue weighted by Crippen LogP contribution is 2.17. The first-order valence-electron chi connectivity index (χ1n) is 7.77. The van der Waals surface area contributed by atoms with Crippen LogP contribution >= 0.6 is 23.2 Å². The standard InChI is InChI=1S/C17H17Cl2N5O2/c1-22(10-16-14(19)9-20-23(16)2)17(25)15-7-8-24(21-15)11-26-13-5-3-12(18)4-6-13/h3-9H,10-11H2,1-2H3. The van der Waals surface area contributed by atoms with Crippen LogP contribution in [0.5, 0.6) is 5.75 Å². The lowest BCUT2D eigenvalue weighted by Gasteiger charge is -2.16. The Morgan fingerprint density at radius 1 is 1.23 bits per heavy atom. The zero-order valence-corrected chi connectivity index (χ0v) is 15.8. The first kappa shape index (κ1) is 18.3. The predicted octanol–water partition coefficient (Wildman–Crippen LogP) is 3.23. The van der Waals surface area contributed by atoms with Crippen molar-refractivity contribution in [1.29, 1.82) is 0 Å². The Bertz CT molecular complexity index is 885. The maximum Gasteiger partial charge on any atom is 0.274 e. The molecule has 0 aliphatic carbocycles. The lowest BCUT2D eigenvalue weighted by Crippen LogP contribution is -2.28. The van der Waals surface area contributed by atoms with Crippen molar-refractivity contribution in [2.45, 2.75) is 13.3 Å². The van der Waals surface area contributed by atoms with Crippen molar-refractivity contribution >= 4 is 29.1 Å². The number of carbonyl (C=O) groups excluding carboxylic acids is 1. The predicted molar refractivity (Wildman–Crippen MR) is 98.3 cm³/mol. The zero-order chi connectivity index (χ0) is 18.7. The number of aryl methyl sites for hydroxylation is 1. The summed E-state index contributed by atoms with van der Waals surface area (Å²) in [6.07, 6.45) is 3.24. The molecule has 2 heterocycles. The van der Waals surface area contributed by atoms with E-state index in [2.05, 4.69) is 10.2 Å². The lowest BCUT2D eigenvalue weighted by molar-refractivity contribution is 0.0774. The molecule has 9 heteroatoms. The van der Waals surface area contributed by atoms with E-state index in [-0.39, 0.29) is 12.6 Å². The molecule has 7 nitrogen and oxygen atoms in total. The van der Waals surface area contributed by atoms with Crippen LogP contribution in [0.4, 0.5) is 0 Å². The molecule has 0 radical (unpaired) electrons. The molecule has 0 fully saturated rings. The summed E-state index contributed by atoms with van der Waals surface area (Å²) in [6, 6.07) is 8.67. The molecule has 0 saturated carbocycles. The summed E-state index contributed by atoms with van der Waals surface area (Å²) in [5, 5.41) is 9.49. The second kappa shape index (κ2) is 7.80. The van der Waals surface area contributed by atoms with Gasteiger partial charge in [-0.25, -0.2) is 4.68 Å². The molecule has 0 aliphatic heterocycles. The molecule has 3 rings (SSSR count). The summed E-state index contributed by atoms with van der Waals surface area (Å²) in [5.74, 6) is 0.452. The van der Waals surface area contributed by atoms with E-state index in [1.54, 1.807) is 66.2 Å². The summed E-state index contributed by atoms with van der Waals surface area (Å²) < 4.78 is 8.80. The van der Waals surface area contributed by atoms with Gasteiger partial charge >= 0.3 is 0 Å². The van der Waals surface area contributed by atoms with Gasteiger partial charge in [-0.1, -0.05) is 23.2 Å². The van der Waals surface area contributed by atoms with Gasteiger partial charge < -0.3 is 9.64 Å². The number of carbonyl (C=O) groups is 1. The van der Waals surface area contributed by atoms with E-state index in [9.17, 15) is 4.79 Å². The van der Waals surface area contributed by atoms with Gasteiger partial charge in [-0.3, -0.25) is 9.48 Å². The molecule has 2 aromatic heterocycles. The molecule has 136 valence electrons. The second-order valence-corrected chi connectivity index (χ2v) is 6.54. The number of amides is 1. The number of rotatable bonds is 6. The van der Waals surface area contributed by atoms with Crippen LogP contribution in [0.1, 0.15) is 16.2 Å². The first-order valence-corrected chi connectivity index (χ1v) is 8.53. The summed E-state index contributed by atoms with van der Waals surface area (Å²) in [7, 11) is 3.47. The molecule has 0 unspecified atom stereocenters. The number of aromatic nitrogens is 4. The van der Waals surface area contributed by atoms with Gasteiger partial charge in [0.05, 0.1) is 23.5 Å². The van der Waals surface area contributed by atoms with E-state index < -0.39 is 0 Å². The van der Waals surface area contributed by atoms with Gasteiger partial charge in [0.15, 0.2) is 12.4 Å². The zero-order valence-electron chi connectivity index (χ0n) is 14.3. The van der Waals surface area contributed by atoms with E-state index >= 15 is 0 Å². The van der Waals surface area contributed by atoms with Crippen molar-refractivity contribution in [3.8, 4) is 5.75 Å². The summed E-state index contributed by atoms with van der Waals surface area (Å²) in [5.41, 5.74) is 1.08. The van der Waals surface area contributed by atoms with Gasteiger partial charge in [0.1, 0.15) is 5.75 Å². The van der Waals surface area contributed by atoms with Crippen molar-refractivity contribution in [1.82, 2.24) is 24.5 Å². The summed E-state index contributed by atoms with van der Waals surface area (Å²) in [4.78, 5) is 14.1. The fraction of sp³-hybridized carbons (Fsp3) is 0.235. The van der Waals surface area contributed by atoms with Gasteiger partial charge in [-0.15, -0.1) is 0 Å². The third kappa shape index (κ3) is 4.17. The average molecular weight is 394 g/mol. The highest BCUT2D eigenvalue weighted by atomic mass is 35.5. The van der Waals surface area contributed by atoms with Crippen molar-refractivity contribution < 1.29 is 9.53 Å². The van der Waals surface area contributed by atoms with Crippen molar-refractivity contribution in [3.63, 3.8) is 0 Å². The van der Waals surface area contributed by atoms with Crippen molar-refractivity contribution in [3.05, 3.63) is 64.2 Å². The number of nitrogens with zero attached hydrogens (tertiary/aromatic N) is 5. The van der Waals surface area contributed by atoms with Crippen LogP contribution in [0.3, 0.4) is 0 Å². The maximum absolute atomic E-state index is 12.5. The van der Waals surface area contributed by atoms with E-state index in [1.807, 2.05) is 0 Å². The van der Waals surface area contributed by atoms with E-state index in [1.165, 1.54) is 4.90 Å². The van der Waals surface area contributed by atoms with Crippen LogP contribution in [0.15, 0.2) is 42.7 Å². The molecule has 0 saturated heterocycles. The van der Waals surface area contributed by atoms with Crippen molar-refractivity contribution in [2.75, 3.05) is 7.05 Å². The SMILES string of the molecule is CN(Cc1c(Cl)cnn1C)C(=O)c1ccn(COc2ccc(Cl)cc2)n1. The molecule has 0 N–H and O–H groups in total. The number of hydrogen-bond donors (Lipinski definition) is 0. The van der Waals surface area contributed by atoms with Gasteiger partial charge in [-0.05, 0) is 30.3 Å². The van der Waals surface area contributed by atoms with Crippen LogP contribution in [-0.4, -0.2) is 37.4 Å². The number of hydrogen-bond acceptors (Lipinski definition) is 4. The van der Waals surface area contributed by atoms with Crippen LogP contribution < -0.4 is 4.74 Å². The molecular weight excluding hydrogens is 377 g/mol. The number of ether oxygens (including phenoxy) is 1. The first-order chi connectivity index (χ1) is 12.4. The average Bonchev–Trinajstić information content (AvgIpc) is 3.22. The monoisotopic (exact) mass is 393 g/mol. The van der Waals surface area contributed by atoms with Crippen molar-refractivity contribution in [2.24, 2.45) is 7.05 Å². The molecule has 1 amide bonds. The fourth-order valence-electron chi connectivity index (χ4n) is 2.33. The van der Waals surface area contributed by atoms with Gasteiger partial charge in [-0.2, -0.15) is 10.2 Å². The summed E-state index contributed by atoms with van der Waals surface area (Å²) >= 11 is 11.9. The molecule has 0 spiro atoms. The van der Waals surface area contributed by atoms with Gasteiger partial charge in [0.25, 0.3) is 5.91 Å². The topological polar surface area (TPSA) is 65.2 Å². The Morgan fingerprint density at radius 3 is 2.62 bits per heavy atom. The highest BCUT2D eigenvalue weighted by molar-refractivity contribution is 6.31. The molecule has 26 heavy (non-hydrogen) atoms. The molecule has 0 aliphatic rings. The molecule has 0 bridgehead atoms. The molecule has 1 aromatic carbocycles. The van der Waals surface area contributed by atoms with Crippen LogP contribution in [0.25, 0.3) is 0 Å². The van der Waals surface area contributed by atoms with Crippen LogP contribution in [0, 0.1) is 0 Å². The quantitative estimate of drug-likeness (QED) is 0.644. The summed E-state index contributed by atoms with van der Waals surface area (Å²) in [6.45, 7) is 0.522.